The fourth-order valence-electron chi connectivity index (χ4n) is 3.04. The summed E-state index contributed by atoms with van der Waals surface area (Å²) in [6.07, 6.45) is 4.05. The van der Waals surface area contributed by atoms with E-state index in [4.69, 9.17) is 11.6 Å². The van der Waals surface area contributed by atoms with Crippen LogP contribution in [0.3, 0.4) is 0 Å². The molecule has 1 aliphatic rings. The van der Waals surface area contributed by atoms with E-state index in [-0.39, 0.29) is 11.7 Å². The summed E-state index contributed by atoms with van der Waals surface area (Å²) in [7, 11) is 0. The van der Waals surface area contributed by atoms with Crippen LogP contribution in [0, 0.1) is 0 Å². The van der Waals surface area contributed by atoms with Gasteiger partial charge in [-0.1, -0.05) is 48.8 Å². The zero-order chi connectivity index (χ0) is 20.6. The Bertz CT molecular complexity index is 853. The number of thioether (sulfide) groups is 1. The molecular weight excluding hydrogens is 412 g/mol. The second kappa shape index (κ2) is 10.5. The Morgan fingerprint density at radius 2 is 1.97 bits per heavy atom. The number of nitrogens with zero attached hydrogens (tertiary/aromatic N) is 4. The zero-order valence-corrected chi connectivity index (χ0v) is 17.9. The number of nitrogens with one attached hydrogen (secondary N) is 2. The molecule has 2 aromatic rings. The number of rotatable bonds is 8. The lowest BCUT2D eigenvalue weighted by Crippen LogP contribution is -2.40. The minimum absolute atomic E-state index is 0.0454. The number of carbonyl (C=O) groups excluding carboxylic acids is 2. The molecule has 1 saturated heterocycles. The largest absolute Gasteiger partial charge is 0.341 e. The highest BCUT2D eigenvalue weighted by Gasteiger charge is 2.24. The molecule has 10 heteroatoms. The van der Waals surface area contributed by atoms with Gasteiger partial charge in [0.05, 0.1) is 16.5 Å². The van der Waals surface area contributed by atoms with Crippen LogP contribution in [0.5, 0.6) is 0 Å². The van der Waals surface area contributed by atoms with Gasteiger partial charge in [-0.2, -0.15) is 0 Å². The number of imide groups is 1. The standard InChI is InChI=1S/C19H25ClN6O2S/c1-2-3-10-21-17(28)22-16(27)13-29-19-24-23-18(25-11-6-7-12-25)26(19)15-9-5-4-8-14(15)20/h4-5,8-9H,2-3,6-7,10-13H2,1H3,(H2,21,22,27,28). The summed E-state index contributed by atoms with van der Waals surface area (Å²) in [6.45, 7) is 4.40. The highest BCUT2D eigenvalue weighted by Crippen LogP contribution is 2.31. The number of urea groups is 1. The second-order valence-corrected chi connectivity index (χ2v) is 8.06. The normalized spacial score (nSPS) is 13.5. The first-order valence-electron chi connectivity index (χ1n) is 9.76. The number of amides is 3. The van der Waals surface area contributed by atoms with E-state index >= 15 is 0 Å². The number of anilines is 1. The lowest BCUT2D eigenvalue weighted by atomic mass is 10.3. The number of unbranched alkanes of at least 4 members (excludes halogenated alkanes) is 1. The molecule has 0 spiro atoms. The van der Waals surface area contributed by atoms with Crippen molar-refractivity contribution in [3.05, 3.63) is 29.3 Å². The summed E-state index contributed by atoms with van der Waals surface area (Å²) in [5, 5.41) is 14.8. The lowest BCUT2D eigenvalue weighted by Gasteiger charge is -2.19. The highest BCUT2D eigenvalue weighted by atomic mass is 35.5. The maximum Gasteiger partial charge on any atom is 0.321 e. The molecule has 8 nitrogen and oxygen atoms in total. The number of halogens is 1. The molecule has 3 amide bonds. The van der Waals surface area contributed by atoms with Crippen LogP contribution < -0.4 is 15.5 Å². The monoisotopic (exact) mass is 436 g/mol. The van der Waals surface area contributed by atoms with Crippen LogP contribution in [0.1, 0.15) is 32.6 Å². The van der Waals surface area contributed by atoms with Gasteiger partial charge >= 0.3 is 6.03 Å². The van der Waals surface area contributed by atoms with Crippen LogP contribution in [0.4, 0.5) is 10.7 Å². The predicted octanol–water partition coefficient (Wildman–Crippen LogP) is 3.24. The molecule has 1 fully saturated rings. The molecule has 0 bridgehead atoms. The van der Waals surface area contributed by atoms with Crippen LogP contribution in [0.25, 0.3) is 5.69 Å². The Kier molecular flexibility index (Phi) is 7.76. The number of hydrogen-bond donors (Lipinski definition) is 2. The fourth-order valence-corrected chi connectivity index (χ4v) is 4.00. The van der Waals surface area contributed by atoms with Crippen LogP contribution >= 0.6 is 23.4 Å². The van der Waals surface area contributed by atoms with Crippen LogP contribution in [-0.4, -0.2) is 52.1 Å². The maximum atomic E-state index is 12.2. The van der Waals surface area contributed by atoms with E-state index in [9.17, 15) is 9.59 Å². The summed E-state index contributed by atoms with van der Waals surface area (Å²) < 4.78 is 1.88. The average Bonchev–Trinajstić information content (AvgIpc) is 3.36. The van der Waals surface area contributed by atoms with Crippen LogP contribution in [0.15, 0.2) is 29.4 Å². The molecular formula is C19H25ClN6O2S. The van der Waals surface area contributed by atoms with E-state index in [0.29, 0.717) is 16.7 Å². The van der Waals surface area contributed by atoms with Crippen molar-refractivity contribution in [2.24, 2.45) is 0 Å². The Morgan fingerprint density at radius 3 is 2.69 bits per heavy atom. The molecule has 0 aliphatic carbocycles. The van der Waals surface area contributed by atoms with E-state index in [1.807, 2.05) is 35.8 Å². The first kappa shape index (κ1) is 21.4. The SMILES string of the molecule is CCCCNC(=O)NC(=O)CSc1nnc(N2CCCC2)n1-c1ccccc1Cl. The van der Waals surface area contributed by atoms with Crippen LogP contribution in [0.2, 0.25) is 5.02 Å². The highest BCUT2D eigenvalue weighted by molar-refractivity contribution is 7.99. The van der Waals surface area contributed by atoms with Gasteiger partial charge in [0.1, 0.15) is 0 Å². The third-order valence-electron chi connectivity index (χ3n) is 4.50. The topological polar surface area (TPSA) is 92.2 Å². The van der Waals surface area contributed by atoms with Gasteiger partial charge in [0, 0.05) is 19.6 Å². The number of hydrogen-bond acceptors (Lipinski definition) is 6. The third-order valence-corrected chi connectivity index (χ3v) is 5.75. The molecule has 29 heavy (non-hydrogen) atoms. The van der Waals surface area contributed by atoms with Gasteiger partial charge < -0.3 is 10.2 Å². The quantitative estimate of drug-likeness (QED) is 0.487. The van der Waals surface area contributed by atoms with Gasteiger partial charge in [0.2, 0.25) is 11.9 Å². The number of benzene rings is 1. The number of carbonyl (C=O) groups is 2. The minimum Gasteiger partial charge on any atom is -0.341 e. The summed E-state index contributed by atoms with van der Waals surface area (Å²) in [4.78, 5) is 26.1. The fraction of sp³-hybridized carbons (Fsp3) is 0.474. The van der Waals surface area contributed by atoms with Crippen molar-refractivity contribution >= 4 is 41.2 Å². The van der Waals surface area contributed by atoms with Gasteiger partial charge in [-0.05, 0) is 31.4 Å². The van der Waals surface area contributed by atoms with E-state index < -0.39 is 6.03 Å². The summed E-state index contributed by atoms with van der Waals surface area (Å²) >= 11 is 7.64. The Balaban J connectivity index is 1.71. The zero-order valence-electron chi connectivity index (χ0n) is 16.4. The van der Waals surface area contributed by atoms with Gasteiger partial charge in [-0.25, -0.2) is 4.79 Å². The summed E-state index contributed by atoms with van der Waals surface area (Å²) in [5.74, 6) is 0.375. The smallest absolute Gasteiger partial charge is 0.321 e. The van der Waals surface area contributed by atoms with Crippen molar-refractivity contribution in [2.75, 3.05) is 30.3 Å². The third kappa shape index (κ3) is 5.63. The number of para-hydroxylation sites is 1. The molecule has 0 atom stereocenters. The molecule has 0 unspecified atom stereocenters. The van der Waals surface area contributed by atoms with Gasteiger partial charge in [0.25, 0.3) is 0 Å². The van der Waals surface area contributed by atoms with Crippen molar-refractivity contribution < 1.29 is 9.59 Å². The van der Waals surface area contributed by atoms with Crippen molar-refractivity contribution in [1.29, 1.82) is 0 Å². The van der Waals surface area contributed by atoms with E-state index in [1.165, 1.54) is 11.8 Å². The lowest BCUT2D eigenvalue weighted by molar-refractivity contribution is -0.117. The van der Waals surface area contributed by atoms with Crippen molar-refractivity contribution in [3.8, 4) is 5.69 Å². The Morgan fingerprint density at radius 1 is 1.21 bits per heavy atom. The Labute approximate surface area is 179 Å². The molecule has 1 aromatic heterocycles. The minimum atomic E-state index is -0.477. The average molecular weight is 437 g/mol. The van der Waals surface area contributed by atoms with E-state index in [1.54, 1.807) is 0 Å². The van der Waals surface area contributed by atoms with Gasteiger partial charge in [0.15, 0.2) is 5.16 Å². The molecule has 2 N–H and O–H groups in total. The van der Waals surface area contributed by atoms with Crippen molar-refractivity contribution in [1.82, 2.24) is 25.4 Å². The summed E-state index contributed by atoms with van der Waals surface area (Å²) in [5.41, 5.74) is 0.765. The molecule has 2 heterocycles. The maximum absolute atomic E-state index is 12.2. The van der Waals surface area contributed by atoms with Crippen molar-refractivity contribution in [2.45, 2.75) is 37.8 Å². The van der Waals surface area contributed by atoms with Gasteiger partial charge in [-0.15, -0.1) is 10.2 Å². The Hall–Kier alpha value is -2.26. The molecule has 156 valence electrons. The predicted molar refractivity (Wildman–Crippen MR) is 115 cm³/mol. The van der Waals surface area contributed by atoms with E-state index in [0.717, 1.165) is 50.4 Å². The van der Waals surface area contributed by atoms with Crippen LogP contribution in [-0.2, 0) is 4.79 Å². The van der Waals surface area contributed by atoms with E-state index in [2.05, 4.69) is 25.7 Å². The number of aromatic nitrogens is 3. The molecule has 1 aliphatic heterocycles. The molecule has 3 rings (SSSR count). The second-order valence-electron chi connectivity index (χ2n) is 6.71. The molecule has 0 radical (unpaired) electrons. The first-order valence-corrected chi connectivity index (χ1v) is 11.1. The van der Waals surface area contributed by atoms with Gasteiger partial charge in [-0.3, -0.25) is 14.7 Å². The first-order chi connectivity index (χ1) is 14.1. The molecule has 1 aromatic carbocycles. The summed E-state index contributed by atoms with van der Waals surface area (Å²) in [6, 6.07) is 7.00. The van der Waals surface area contributed by atoms with Crippen molar-refractivity contribution in [3.63, 3.8) is 0 Å². The molecule has 0 saturated carbocycles.